The number of rotatable bonds is 13. The van der Waals surface area contributed by atoms with Gasteiger partial charge in [-0.2, -0.15) is 0 Å². The van der Waals surface area contributed by atoms with E-state index in [1.165, 1.54) is 11.8 Å². The van der Waals surface area contributed by atoms with E-state index in [0.717, 1.165) is 56.0 Å². The first kappa shape index (κ1) is 38.5. The van der Waals surface area contributed by atoms with E-state index < -0.39 is 16.3 Å². The molecular weight excluding hydrogens is 753 g/mol. The molecule has 0 bridgehead atoms. The number of sulfonamides is 1. The van der Waals surface area contributed by atoms with Gasteiger partial charge in [-0.1, -0.05) is 164 Å². The highest BCUT2D eigenvalue weighted by molar-refractivity contribution is 7.99. The summed E-state index contributed by atoms with van der Waals surface area (Å²) in [6, 6.07) is 52.3. The average molecular weight is 795 g/mol. The summed E-state index contributed by atoms with van der Waals surface area (Å²) in [6.07, 6.45) is -1.15. The third kappa shape index (κ3) is 8.97. The molecule has 2 heterocycles. The van der Waals surface area contributed by atoms with Crippen molar-refractivity contribution in [1.29, 1.82) is 0 Å². The molecule has 1 aliphatic rings. The van der Waals surface area contributed by atoms with Crippen LogP contribution in [0.25, 0.3) is 33.7 Å². The van der Waals surface area contributed by atoms with Crippen molar-refractivity contribution in [3.8, 4) is 33.7 Å². The summed E-state index contributed by atoms with van der Waals surface area (Å²) in [4.78, 5) is 5.21. The summed E-state index contributed by atoms with van der Waals surface area (Å²) in [7, 11) is -3.63. The molecule has 4 atom stereocenters. The lowest BCUT2D eigenvalue weighted by Gasteiger charge is -2.41. The quantitative estimate of drug-likeness (QED) is 0.111. The standard InChI is InChI=1S/C47H42N2O6S2/c1-32-42(31-56-47-49-43(36-13-5-2-6-14-36)45(55-47)37-15-7-3-8-16-37)53-46(54-44(32)38-22-20-33(30-50)21-23-38)39-26-24-35(25-27-39)40-17-11-12-34(28-40)29-48-57(51,52)41-18-9-4-10-19-41/h2-28,32,42,44,46,48,50H,29-31H2,1H3. The summed E-state index contributed by atoms with van der Waals surface area (Å²) >= 11 is 1.53. The Morgan fingerprint density at radius 1 is 0.667 bits per heavy atom. The zero-order valence-corrected chi connectivity index (χ0v) is 32.9. The van der Waals surface area contributed by atoms with E-state index in [4.69, 9.17) is 18.9 Å². The van der Waals surface area contributed by atoms with Crippen molar-refractivity contribution in [3.05, 3.63) is 186 Å². The van der Waals surface area contributed by atoms with E-state index in [0.29, 0.717) is 11.0 Å². The number of aliphatic hydroxyl groups excluding tert-OH is 1. The number of ether oxygens (including phenoxy) is 2. The molecule has 0 amide bonds. The predicted molar refractivity (Wildman–Crippen MR) is 223 cm³/mol. The predicted octanol–water partition coefficient (Wildman–Crippen LogP) is 10.2. The number of oxazole rings is 1. The van der Waals surface area contributed by atoms with Gasteiger partial charge in [-0.25, -0.2) is 18.1 Å². The molecule has 4 unspecified atom stereocenters. The van der Waals surface area contributed by atoms with Gasteiger partial charge in [0.1, 0.15) is 5.69 Å². The molecule has 0 radical (unpaired) electrons. The van der Waals surface area contributed by atoms with Gasteiger partial charge >= 0.3 is 0 Å². The number of nitrogens with one attached hydrogen (secondary N) is 1. The van der Waals surface area contributed by atoms with Gasteiger partial charge in [-0.15, -0.1) is 0 Å². The molecule has 10 heteroatoms. The Morgan fingerprint density at radius 3 is 1.98 bits per heavy atom. The minimum Gasteiger partial charge on any atom is -0.431 e. The maximum absolute atomic E-state index is 12.8. The number of thioether (sulfide) groups is 1. The summed E-state index contributed by atoms with van der Waals surface area (Å²) in [5, 5.41) is 10.3. The molecule has 0 saturated carbocycles. The van der Waals surface area contributed by atoms with Gasteiger partial charge in [0.15, 0.2) is 12.1 Å². The summed E-state index contributed by atoms with van der Waals surface area (Å²) < 4.78 is 48.3. The summed E-state index contributed by atoms with van der Waals surface area (Å²) in [6.45, 7) is 2.28. The highest BCUT2D eigenvalue weighted by Gasteiger charge is 2.38. The van der Waals surface area contributed by atoms with E-state index in [2.05, 4.69) is 11.6 Å². The van der Waals surface area contributed by atoms with Gasteiger partial charge in [0, 0.05) is 34.9 Å². The summed E-state index contributed by atoms with van der Waals surface area (Å²) in [5.74, 6) is 1.28. The fourth-order valence-electron chi connectivity index (χ4n) is 6.96. The molecule has 1 fully saturated rings. The molecule has 57 heavy (non-hydrogen) atoms. The topological polar surface area (TPSA) is 111 Å². The summed E-state index contributed by atoms with van der Waals surface area (Å²) in [5.41, 5.74) is 8.24. The van der Waals surface area contributed by atoms with E-state index in [1.54, 1.807) is 30.3 Å². The van der Waals surface area contributed by atoms with Crippen molar-refractivity contribution < 1.29 is 27.4 Å². The van der Waals surface area contributed by atoms with Crippen molar-refractivity contribution in [2.45, 2.75) is 48.7 Å². The fraction of sp³-hybridized carbons (Fsp3) is 0.170. The lowest BCUT2D eigenvalue weighted by molar-refractivity contribution is -0.268. The van der Waals surface area contributed by atoms with Crippen molar-refractivity contribution in [1.82, 2.24) is 9.71 Å². The highest BCUT2D eigenvalue weighted by atomic mass is 32.2. The van der Waals surface area contributed by atoms with Crippen molar-refractivity contribution in [3.63, 3.8) is 0 Å². The van der Waals surface area contributed by atoms with Crippen molar-refractivity contribution >= 4 is 21.8 Å². The van der Waals surface area contributed by atoms with Gasteiger partial charge in [0.05, 0.1) is 23.7 Å². The highest BCUT2D eigenvalue weighted by Crippen LogP contribution is 2.44. The second kappa shape index (κ2) is 17.4. The Hall–Kier alpha value is -5.33. The number of aromatic nitrogens is 1. The largest absolute Gasteiger partial charge is 0.431 e. The van der Waals surface area contributed by atoms with Crippen LogP contribution in [-0.2, 0) is 32.6 Å². The van der Waals surface area contributed by atoms with Crippen LogP contribution in [0.15, 0.2) is 178 Å². The Kier molecular flexibility index (Phi) is 11.8. The molecule has 8 nitrogen and oxygen atoms in total. The maximum atomic E-state index is 12.8. The number of nitrogens with zero attached hydrogens (tertiary/aromatic N) is 1. The molecule has 0 spiro atoms. The zero-order valence-electron chi connectivity index (χ0n) is 31.3. The normalized spacial score (nSPS) is 18.4. The molecule has 7 aromatic rings. The van der Waals surface area contributed by atoms with Crippen LogP contribution < -0.4 is 4.72 Å². The van der Waals surface area contributed by atoms with E-state index >= 15 is 0 Å². The smallest absolute Gasteiger partial charge is 0.256 e. The number of hydrogen-bond acceptors (Lipinski definition) is 8. The number of benzene rings is 6. The second-order valence-corrected chi connectivity index (χ2v) is 16.7. The van der Waals surface area contributed by atoms with Crippen LogP contribution in [0.1, 0.15) is 41.6 Å². The van der Waals surface area contributed by atoms with Crippen LogP contribution in [0.4, 0.5) is 0 Å². The Bertz CT molecular complexity index is 2440. The minimum atomic E-state index is -3.63. The van der Waals surface area contributed by atoms with Crippen LogP contribution >= 0.6 is 11.8 Å². The van der Waals surface area contributed by atoms with Crippen LogP contribution in [0.5, 0.6) is 0 Å². The van der Waals surface area contributed by atoms with Crippen molar-refractivity contribution in [2.24, 2.45) is 5.92 Å². The zero-order chi connectivity index (χ0) is 39.2. The first-order chi connectivity index (χ1) is 27.8. The fourth-order valence-corrected chi connectivity index (χ4v) is 8.98. The lowest BCUT2D eigenvalue weighted by Crippen LogP contribution is -2.38. The first-order valence-electron chi connectivity index (χ1n) is 18.8. The van der Waals surface area contributed by atoms with Gasteiger partial charge in [-0.05, 0) is 46.0 Å². The SMILES string of the molecule is CC1C(CSc2nc(-c3ccccc3)c(-c3ccccc3)o2)OC(c2ccc(-c3cccc(CNS(=O)(=O)c4ccccc4)c3)cc2)OC1c1ccc(CO)cc1. The van der Waals surface area contributed by atoms with Crippen LogP contribution in [-0.4, -0.2) is 30.4 Å². The molecule has 8 rings (SSSR count). The van der Waals surface area contributed by atoms with E-state index in [1.807, 2.05) is 133 Å². The third-order valence-electron chi connectivity index (χ3n) is 10.1. The Balaban J connectivity index is 1.02. The molecule has 1 aliphatic heterocycles. The molecule has 288 valence electrons. The molecule has 2 N–H and O–H groups in total. The van der Waals surface area contributed by atoms with Crippen LogP contribution in [0.2, 0.25) is 0 Å². The van der Waals surface area contributed by atoms with Gasteiger partial charge in [0.2, 0.25) is 10.0 Å². The van der Waals surface area contributed by atoms with E-state index in [9.17, 15) is 13.5 Å². The molecule has 6 aromatic carbocycles. The first-order valence-corrected chi connectivity index (χ1v) is 21.3. The number of hydrogen-bond donors (Lipinski definition) is 2. The molecule has 1 saturated heterocycles. The van der Waals surface area contributed by atoms with Crippen LogP contribution in [0, 0.1) is 5.92 Å². The molecule has 0 aliphatic carbocycles. The van der Waals surface area contributed by atoms with E-state index in [-0.39, 0.29) is 36.2 Å². The third-order valence-corrected chi connectivity index (χ3v) is 12.5. The minimum absolute atomic E-state index is 0.0211. The lowest BCUT2D eigenvalue weighted by atomic mass is 9.91. The Labute approximate surface area is 337 Å². The van der Waals surface area contributed by atoms with Gasteiger partial charge in [0.25, 0.3) is 5.22 Å². The monoisotopic (exact) mass is 794 g/mol. The van der Waals surface area contributed by atoms with Crippen molar-refractivity contribution in [2.75, 3.05) is 5.75 Å². The molecular formula is C47H42N2O6S2. The van der Waals surface area contributed by atoms with Gasteiger partial charge in [-0.3, -0.25) is 0 Å². The Morgan fingerprint density at radius 2 is 1.30 bits per heavy atom. The molecule has 1 aromatic heterocycles. The second-order valence-electron chi connectivity index (χ2n) is 14.0. The number of aliphatic hydroxyl groups is 1. The maximum Gasteiger partial charge on any atom is 0.256 e. The van der Waals surface area contributed by atoms with Crippen LogP contribution in [0.3, 0.4) is 0 Å². The van der Waals surface area contributed by atoms with Gasteiger partial charge < -0.3 is 19.0 Å². The average Bonchev–Trinajstić information content (AvgIpc) is 3.71.